The van der Waals surface area contributed by atoms with Gasteiger partial charge in [0, 0.05) is 31.1 Å². The third-order valence-corrected chi connectivity index (χ3v) is 6.70. The van der Waals surface area contributed by atoms with E-state index in [0.29, 0.717) is 12.3 Å². The highest BCUT2D eigenvalue weighted by Gasteiger charge is 2.26. The van der Waals surface area contributed by atoms with Crippen LogP contribution in [-0.4, -0.2) is 36.9 Å². The fourth-order valence-corrected chi connectivity index (χ4v) is 4.85. The van der Waals surface area contributed by atoms with E-state index in [0.717, 1.165) is 25.1 Å². The first-order chi connectivity index (χ1) is 15.6. The highest BCUT2D eigenvalue weighted by Crippen LogP contribution is 2.30. The largest absolute Gasteiger partial charge is 0.497 e. The van der Waals surface area contributed by atoms with E-state index < -0.39 is 11.8 Å². The Labute approximate surface area is 192 Å². The summed E-state index contributed by atoms with van der Waals surface area (Å²) >= 11 is 1.67. The highest BCUT2D eigenvalue weighted by atomic mass is 32.1. The molecule has 0 aliphatic carbocycles. The fourth-order valence-electron chi connectivity index (χ4n) is 3.99. The van der Waals surface area contributed by atoms with Crippen LogP contribution in [0.15, 0.2) is 66.0 Å². The van der Waals surface area contributed by atoms with E-state index in [-0.39, 0.29) is 12.6 Å². The molecular weight excluding hydrogens is 422 g/mol. The lowest BCUT2D eigenvalue weighted by molar-refractivity contribution is -0.139. The molecule has 0 saturated carbocycles. The Kier molecular flexibility index (Phi) is 7.19. The summed E-state index contributed by atoms with van der Waals surface area (Å²) in [5, 5.41) is 7.57. The van der Waals surface area contributed by atoms with E-state index in [1.807, 2.05) is 35.7 Å². The Hall–Kier alpha value is -3.16. The van der Waals surface area contributed by atoms with Gasteiger partial charge in [0.2, 0.25) is 0 Å². The van der Waals surface area contributed by atoms with Gasteiger partial charge in [-0.05, 0) is 46.7 Å². The topological polar surface area (TPSA) is 70.7 Å². The van der Waals surface area contributed by atoms with Crippen molar-refractivity contribution in [3.05, 3.63) is 87.6 Å². The molecule has 6 nitrogen and oxygen atoms in total. The van der Waals surface area contributed by atoms with Crippen LogP contribution < -0.4 is 15.4 Å². The van der Waals surface area contributed by atoms with Crippen molar-refractivity contribution in [3.8, 4) is 5.75 Å². The molecule has 2 heterocycles. The van der Waals surface area contributed by atoms with Gasteiger partial charge in [0.15, 0.2) is 0 Å². The average molecular weight is 450 g/mol. The minimum Gasteiger partial charge on any atom is -0.497 e. The lowest BCUT2D eigenvalue weighted by Crippen LogP contribution is -2.44. The number of amides is 2. The smallest absolute Gasteiger partial charge is 0.309 e. The van der Waals surface area contributed by atoms with E-state index in [1.54, 1.807) is 18.4 Å². The molecule has 0 fully saturated rings. The Balaban J connectivity index is 1.36. The molecule has 7 heteroatoms. The van der Waals surface area contributed by atoms with Gasteiger partial charge in [-0.2, -0.15) is 0 Å². The standard InChI is InChI=1S/C25H27N3O3S/c1-31-21-9-4-6-18(14-21)15-26-24(29)25(30)27-16-22(23-10-5-13-32-23)28-12-11-19-7-2-3-8-20(19)17-28/h2-10,13-14,22H,11-12,15-17H2,1H3,(H,26,29)(H,27,30)/t22-/m0/s1. The molecule has 0 radical (unpaired) electrons. The van der Waals surface area contributed by atoms with Crippen molar-refractivity contribution < 1.29 is 14.3 Å². The van der Waals surface area contributed by atoms with Crippen molar-refractivity contribution >= 4 is 23.2 Å². The van der Waals surface area contributed by atoms with Gasteiger partial charge >= 0.3 is 11.8 Å². The molecule has 0 unspecified atom stereocenters. The van der Waals surface area contributed by atoms with Gasteiger partial charge in [0.1, 0.15) is 5.75 Å². The summed E-state index contributed by atoms with van der Waals surface area (Å²) < 4.78 is 5.19. The van der Waals surface area contributed by atoms with Gasteiger partial charge in [-0.25, -0.2) is 0 Å². The maximum atomic E-state index is 12.5. The second kappa shape index (κ2) is 10.4. The molecule has 4 rings (SSSR count). The predicted molar refractivity (Wildman–Crippen MR) is 125 cm³/mol. The van der Waals surface area contributed by atoms with Crippen molar-refractivity contribution in [3.63, 3.8) is 0 Å². The molecule has 1 aliphatic rings. The Morgan fingerprint density at radius 3 is 2.62 bits per heavy atom. The van der Waals surface area contributed by atoms with Crippen molar-refractivity contribution in [1.29, 1.82) is 0 Å². The highest BCUT2D eigenvalue weighted by molar-refractivity contribution is 7.10. The third kappa shape index (κ3) is 5.36. The number of fused-ring (bicyclic) bond motifs is 1. The first-order valence-corrected chi connectivity index (χ1v) is 11.5. The number of nitrogens with zero attached hydrogens (tertiary/aromatic N) is 1. The molecule has 0 bridgehead atoms. The molecule has 1 aromatic heterocycles. The summed E-state index contributed by atoms with van der Waals surface area (Å²) in [4.78, 5) is 28.4. The molecule has 0 saturated heterocycles. The predicted octanol–water partition coefficient (Wildman–Crippen LogP) is 3.29. The molecular formula is C25H27N3O3S. The maximum Gasteiger partial charge on any atom is 0.309 e. The van der Waals surface area contributed by atoms with Crippen LogP contribution in [0.1, 0.15) is 27.6 Å². The molecule has 2 N–H and O–H groups in total. The second-order valence-electron chi connectivity index (χ2n) is 7.76. The van der Waals surface area contributed by atoms with Gasteiger partial charge in [0.25, 0.3) is 0 Å². The number of carbonyl (C=O) groups is 2. The summed E-state index contributed by atoms with van der Waals surface area (Å²) in [5.74, 6) is -0.545. The van der Waals surface area contributed by atoms with E-state index in [1.165, 1.54) is 16.0 Å². The van der Waals surface area contributed by atoms with Gasteiger partial charge in [-0.3, -0.25) is 14.5 Å². The molecule has 166 valence electrons. The SMILES string of the molecule is COc1cccc(CNC(=O)C(=O)NC[C@@H](c2cccs2)N2CCc3ccccc3C2)c1. The van der Waals surface area contributed by atoms with Crippen LogP contribution in [-0.2, 0) is 29.1 Å². The summed E-state index contributed by atoms with van der Waals surface area (Å²) in [5.41, 5.74) is 3.58. The van der Waals surface area contributed by atoms with E-state index in [9.17, 15) is 9.59 Å². The number of nitrogens with one attached hydrogen (secondary N) is 2. The number of rotatable bonds is 7. The summed E-state index contributed by atoms with van der Waals surface area (Å²) in [6, 6.07) is 20.0. The Morgan fingerprint density at radius 2 is 1.84 bits per heavy atom. The van der Waals surface area contributed by atoms with Crippen molar-refractivity contribution in [1.82, 2.24) is 15.5 Å². The zero-order valence-corrected chi connectivity index (χ0v) is 18.9. The quantitative estimate of drug-likeness (QED) is 0.543. The molecule has 1 atom stereocenters. The zero-order valence-electron chi connectivity index (χ0n) is 18.0. The second-order valence-corrected chi connectivity index (χ2v) is 8.74. The molecule has 32 heavy (non-hydrogen) atoms. The Bertz CT molecular complexity index is 1070. The lowest BCUT2D eigenvalue weighted by atomic mass is 9.98. The van der Waals surface area contributed by atoms with E-state index >= 15 is 0 Å². The van der Waals surface area contributed by atoms with Crippen LogP contribution in [0.4, 0.5) is 0 Å². The molecule has 3 aromatic rings. The maximum absolute atomic E-state index is 12.5. The number of carbonyl (C=O) groups excluding carboxylic acids is 2. The van der Waals surface area contributed by atoms with Crippen LogP contribution in [0.25, 0.3) is 0 Å². The first-order valence-electron chi connectivity index (χ1n) is 10.7. The van der Waals surface area contributed by atoms with Gasteiger partial charge in [-0.1, -0.05) is 42.5 Å². The van der Waals surface area contributed by atoms with Crippen molar-refractivity contribution in [2.24, 2.45) is 0 Å². The normalized spacial score (nSPS) is 14.3. The van der Waals surface area contributed by atoms with Crippen LogP contribution >= 0.6 is 11.3 Å². The van der Waals surface area contributed by atoms with E-state index in [2.05, 4.69) is 45.9 Å². The number of benzene rings is 2. The number of thiophene rings is 1. The van der Waals surface area contributed by atoms with Crippen LogP contribution in [0.5, 0.6) is 5.75 Å². The van der Waals surface area contributed by atoms with Gasteiger partial charge in [-0.15, -0.1) is 11.3 Å². The first kappa shape index (κ1) is 22.0. The van der Waals surface area contributed by atoms with Crippen molar-refractivity contribution in [2.75, 3.05) is 20.2 Å². The summed E-state index contributed by atoms with van der Waals surface area (Å²) in [6.07, 6.45) is 0.979. The molecule has 2 aromatic carbocycles. The molecule has 1 aliphatic heterocycles. The van der Waals surface area contributed by atoms with Gasteiger partial charge in [0.05, 0.1) is 13.2 Å². The molecule has 0 spiro atoms. The monoisotopic (exact) mass is 449 g/mol. The average Bonchev–Trinajstić information content (AvgIpc) is 3.37. The number of hydrogen-bond donors (Lipinski definition) is 2. The number of methoxy groups -OCH3 is 1. The molecule has 2 amide bonds. The zero-order chi connectivity index (χ0) is 22.3. The lowest BCUT2D eigenvalue weighted by Gasteiger charge is -2.35. The number of ether oxygens (including phenoxy) is 1. The Morgan fingerprint density at radius 1 is 1.03 bits per heavy atom. The minimum atomic E-state index is -0.637. The van der Waals surface area contributed by atoms with Gasteiger partial charge < -0.3 is 15.4 Å². The minimum absolute atomic E-state index is 0.0264. The summed E-state index contributed by atoms with van der Waals surface area (Å²) in [6.45, 7) is 2.39. The van der Waals surface area contributed by atoms with Crippen LogP contribution in [0.3, 0.4) is 0 Å². The van der Waals surface area contributed by atoms with Crippen LogP contribution in [0, 0.1) is 0 Å². The van der Waals surface area contributed by atoms with Crippen molar-refractivity contribution in [2.45, 2.75) is 25.6 Å². The van der Waals surface area contributed by atoms with E-state index in [4.69, 9.17) is 4.74 Å². The third-order valence-electron chi connectivity index (χ3n) is 5.72. The summed E-state index contributed by atoms with van der Waals surface area (Å²) in [7, 11) is 1.59. The fraction of sp³-hybridized carbons (Fsp3) is 0.280. The van der Waals surface area contributed by atoms with Crippen LogP contribution in [0.2, 0.25) is 0 Å². The number of hydrogen-bond acceptors (Lipinski definition) is 5.